The Hall–Kier alpha value is -2.54. The summed E-state index contributed by atoms with van der Waals surface area (Å²) in [4.78, 5) is 12.0. The van der Waals surface area contributed by atoms with E-state index < -0.39 is 0 Å². The summed E-state index contributed by atoms with van der Waals surface area (Å²) in [5.74, 6) is 1.24. The number of rotatable bonds is 6. The molecule has 7 heteroatoms. The van der Waals surface area contributed by atoms with Crippen molar-refractivity contribution in [3.63, 3.8) is 0 Å². The van der Waals surface area contributed by atoms with Gasteiger partial charge in [-0.2, -0.15) is 0 Å². The molecule has 1 atom stereocenters. The maximum atomic E-state index is 12.0. The van der Waals surface area contributed by atoms with Gasteiger partial charge in [0, 0.05) is 5.56 Å². The minimum atomic E-state index is -0.182. The molecule has 0 aliphatic carbocycles. The number of thioether (sulfide) groups is 1. The van der Waals surface area contributed by atoms with Crippen molar-refractivity contribution in [1.29, 1.82) is 0 Å². The first-order valence-electron chi connectivity index (χ1n) is 7.48. The van der Waals surface area contributed by atoms with Gasteiger partial charge < -0.3 is 14.2 Å². The summed E-state index contributed by atoms with van der Waals surface area (Å²) in [6.07, 6.45) is 1.58. The standard InChI is InChI=1S/C17H17N3O3S/c1-11-6-3-4-7-13(11)16-19-20-17(23-16)24-10-15(21)18-12(2)14-8-5-9-22-14/h3-9,12H,10H2,1-2H3,(H,18,21)/t12-/m0/s1. The van der Waals surface area contributed by atoms with Crippen LogP contribution >= 0.6 is 11.8 Å². The molecule has 0 bridgehead atoms. The van der Waals surface area contributed by atoms with E-state index in [0.29, 0.717) is 16.9 Å². The molecule has 0 aliphatic heterocycles. The Bertz CT molecular complexity index is 814. The predicted molar refractivity (Wildman–Crippen MR) is 90.5 cm³/mol. The molecule has 124 valence electrons. The highest BCUT2D eigenvalue weighted by Crippen LogP contribution is 2.25. The second-order valence-corrected chi connectivity index (χ2v) is 6.21. The van der Waals surface area contributed by atoms with Gasteiger partial charge in [-0.25, -0.2) is 0 Å². The van der Waals surface area contributed by atoms with E-state index in [2.05, 4.69) is 15.5 Å². The molecular weight excluding hydrogens is 326 g/mol. The van der Waals surface area contributed by atoms with Crippen LogP contribution in [0, 0.1) is 6.92 Å². The van der Waals surface area contributed by atoms with Crippen molar-refractivity contribution >= 4 is 17.7 Å². The third-order valence-electron chi connectivity index (χ3n) is 3.46. The molecule has 0 spiro atoms. The zero-order valence-electron chi connectivity index (χ0n) is 13.4. The summed E-state index contributed by atoms with van der Waals surface area (Å²) in [6, 6.07) is 11.2. The van der Waals surface area contributed by atoms with Crippen LogP contribution in [0.2, 0.25) is 0 Å². The van der Waals surface area contributed by atoms with Crippen LogP contribution in [-0.2, 0) is 4.79 Å². The van der Waals surface area contributed by atoms with Crippen molar-refractivity contribution in [1.82, 2.24) is 15.5 Å². The lowest BCUT2D eigenvalue weighted by atomic mass is 10.1. The predicted octanol–water partition coefficient (Wildman–Crippen LogP) is 3.61. The van der Waals surface area contributed by atoms with Crippen LogP contribution in [-0.4, -0.2) is 21.9 Å². The van der Waals surface area contributed by atoms with Gasteiger partial charge >= 0.3 is 0 Å². The van der Waals surface area contributed by atoms with Crippen LogP contribution in [0.15, 0.2) is 56.7 Å². The van der Waals surface area contributed by atoms with Crippen LogP contribution in [0.1, 0.15) is 24.3 Å². The number of aryl methyl sites for hydroxylation is 1. The van der Waals surface area contributed by atoms with Crippen LogP contribution in [0.3, 0.4) is 0 Å². The maximum Gasteiger partial charge on any atom is 0.277 e. The zero-order valence-corrected chi connectivity index (χ0v) is 14.2. The second-order valence-electron chi connectivity index (χ2n) is 5.28. The molecule has 0 saturated heterocycles. The quantitative estimate of drug-likeness (QED) is 0.689. The Balaban J connectivity index is 1.56. The monoisotopic (exact) mass is 343 g/mol. The number of amides is 1. The minimum absolute atomic E-state index is 0.125. The van der Waals surface area contributed by atoms with E-state index in [1.165, 1.54) is 11.8 Å². The molecule has 1 N–H and O–H groups in total. The first-order valence-corrected chi connectivity index (χ1v) is 8.47. The van der Waals surface area contributed by atoms with Crippen LogP contribution < -0.4 is 5.32 Å². The van der Waals surface area contributed by atoms with Gasteiger partial charge in [-0.3, -0.25) is 4.79 Å². The fraction of sp³-hybridized carbons (Fsp3) is 0.235. The Morgan fingerprint density at radius 3 is 2.83 bits per heavy atom. The van der Waals surface area contributed by atoms with Crippen molar-refractivity contribution < 1.29 is 13.6 Å². The van der Waals surface area contributed by atoms with E-state index >= 15 is 0 Å². The normalized spacial score (nSPS) is 12.1. The van der Waals surface area contributed by atoms with Crippen LogP contribution in [0.4, 0.5) is 0 Å². The van der Waals surface area contributed by atoms with Gasteiger partial charge in [0.1, 0.15) is 5.76 Å². The molecule has 3 aromatic rings. The van der Waals surface area contributed by atoms with E-state index in [9.17, 15) is 4.79 Å². The molecule has 2 heterocycles. The molecule has 1 amide bonds. The maximum absolute atomic E-state index is 12.0. The number of benzene rings is 1. The van der Waals surface area contributed by atoms with Gasteiger partial charge in [0.25, 0.3) is 5.22 Å². The van der Waals surface area contributed by atoms with Crippen molar-refractivity contribution in [2.75, 3.05) is 5.75 Å². The van der Waals surface area contributed by atoms with E-state index in [4.69, 9.17) is 8.83 Å². The van der Waals surface area contributed by atoms with E-state index in [-0.39, 0.29) is 17.7 Å². The molecule has 1 aromatic carbocycles. The summed E-state index contributed by atoms with van der Waals surface area (Å²) in [7, 11) is 0. The smallest absolute Gasteiger partial charge is 0.277 e. The number of carbonyl (C=O) groups excluding carboxylic acids is 1. The molecule has 6 nitrogen and oxygen atoms in total. The highest BCUT2D eigenvalue weighted by atomic mass is 32.2. The highest BCUT2D eigenvalue weighted by molar-refractivity contribution is 7.99. The molecule has 24 heavy (non-hydrogen) atoms. The summed E-state index contributed by atoms with van der Waals surface area (Å²) in [5.41, 5.74) is 1.95. The third kappa shape index (κ3) is 3.86. The van der Waals surface area contributed by atoms with E-state index in [1.54, 1.807) is 12.3 Å². The largest absolute Gasteiger partial charge is 0.467 e. The number of hydrogen-bond donors (Lipinski definition) is 1. The molecule has 0 unspecified atom stereocenters. The third-order valence-corrected chi connectivity index (χ3v) is 4.27. The van der Waals surface area contributed by atoms with Crippen molar-refractivity contribution in [3.8, 4) is 11.5 Å². The summed E-state index contributed by atoms with van der Waals surface area (Å²) < 4.78 is 10.9. The molecule has 0 fully saturated rings. The molecule has 0 saturated carbocycles. The Labute approximate surface area is 143 Å². The Morgan fingerprint density at radius 2 is 2.08 bits per heavy atom. The second kappa shape index (κ2) is 7.35. The number of nitrogens with zero attached hydrogens (tertiary/aromatic N) is 2. The lowest BCUT2D eigenvalue weighted by molar-refractivity contribution is -0.119. The van der Waals surface area contributed by atoms with E-state index in [1.807, 2.05) is 44.2 Å². The van der Waals surface area contributed by atoms with E-state index in [0.717, 1.165) is 11.1 Å². The molecule has 3 rings (SSSR count). The molecule has 2 aromatic heterocycles. The van der Waals surface area contributed by atoms with Crippen LogP contribution in [0.25, 0.3) is 11.5 Å². The van der Waals surface area contributed by atoms with Crippen molar-refractivity contribution in [2.24, 2.45) is 0 Å². The Kier molecular flexibility index (Phi) is 5.00. The average molecular weight is 343 g/mol. The van der Waals surface area contributed by atoms with Gasteiger partial charge in [0.15, 0.2) is 0 Å². The first kappa shape index (κ1) is 16.3. The average Bonchev–Trinajstić information content (AvgIpc) is 3.25. The molecular formula is C17H17N3O3S. The number of nitrogens with one attached hydrogen (secondary N) is 1. The van der Waals surface area contributed by atoms with Gasteiger partial charge in [-0.05, 0) is 37.6 Å². The van der Waals surface area contributed by atoms with Gasteiger partial charge in [0.05, 0.1) is 18.1 Å². The summed E-state index contributed by atoms with van der Waals surface area (Å²) in [6.45, 7) is 3.85. The number of furan rings is 1. The topological polar surface area (TPSA) is 81.2 Å². The fourth-order valence-corrected chi connectivity index (χ4v) is 2.78. The van der Waals surface area contributed by atoms with Crippen LogP contribution in [0.5, 0.6) is 0 Å². The van der Waals surface area contributed by atoms with Gasteiger partial charge in [-0.15, -0.1) is 10.2 Å². The lowest BCUT2D eigenvalue weighted by Gasteiger charge is -2.10. The summed E-state index contributed by atoms with van der Waals surface area (Å²) >= 11 is 1.21. The lowest BCUT2D eigenvalue weighted by Crippen LogP contribution is -2.27. The minimum Gasteiger partial charge on any atom is -0.467 e. The molecule has 0 radical (unpaired) electrons. The summed E-state index contributed by atoms with van der Waals surface area (Å²) in [5, 5.41) is 11.3. The fourth-order valence-electron chi connectivity index (χ4n) is 2.21. The number of hydrogen-bond acceptors (Lipinski definition) is 6. The van der Waals surface area contributed by atoms with Gasteiger partial charge in [-0.1, -0.05) is 30.0 Å². The number of carbonyl (C=O) groups is 1. The number of aromatic nitrogens is 2. The molecule has 0 aliphatic rings. The highest BCUT2D eigenvalue weighted by Gasteiger charge is 2.15. The van der Waals surface area contributed by atoms with Gasteiger partial charge in [0.2, 0.25) is 11.8 Å². The SMILES string of the molecule is Cc1ccccc1-c1nnc(SCC(=O)N[C@@H](C)c2ccco2)o1. The zero-order chi connectivity index (χ0) is 16.9. The Morgan fingerprint density at radius 1 is 1.25 bits per heavy atom. The van der Waals surface area contributed by atoms with Crippen molar-refractivity contribution in [2.45, 2.75) is 25.1 Å². The van der Waals surface area contributed by atoms with Crippen molar-refractivity contribution in [3.05, 3.63) is 54.0 Å². The first-order chi connectivity index (χ1) is 11.6.